The summed E-state index contributed by atoms with van der Waals surface area (Å²) in [6, 6.07) is 6.76. The number of carbonyl (C=O) groups excluding carboxylic acids is 2. The van der Waals surface area contributed by atoms with E-state index in [-0.39, 0.29) is 11.8 Å². The van der Waals surface area contributed by atoms with Crippen LogP contribution in [0.3, 0.4) is 0 Å². The van der Waals surface area contributed by atoms with Crippen LogP contribution < -0.4 is 5.32 Å². The summed E-state index contributed by atoms with van der Waals surface area (Å²) >= 11 is 0. The molecule has 4 heteroatoms. The Bertz CT molecular complexity index is 456. The lowest BCUT2D eigenvalue weighted by molar-refractivity contribution is -0.117. The predicted molar refractivity (Wildman–Crippen MR) is 63.7 cm³/mol. The van der Waals surface area contributed by atoms with Crippen molar-refractivity contribution in [3.63, 3.8) is 0 Å². The Morgan fingerprint density at radius 3 is 2.71 bits per heavy atom. The lowest BCUT2D eigenvalue weighted by Crippen LogP contribution is -2.14. The molecular weight excluding hydrogens is 218 g/mol. The SMILES string of the molecule is COC(=O)c1cccc(NC(=O)[C@@H]2C[C@H]2C)c1. The van der Waals surface area contributed by atoms with Crippen molar-refractivity contribution in [2.75, 3.05) is 12.4 Å². The van der Waals surface area contributed by atoms with Crippen LogP contribution in [0, 0.1) is 11.8 Å². The van der Waals surface area contributed by atoms with E-state index in [1.165, 1.54) is 7.11 Å². The number of methoxy groups -OCH3 is 1. The number of hydrogen-bond donors (Lipinski definition) is 1. The standard InChI is InChI=1S/C13H15NO3/c1-8-6-11(8)12(15)14-10-5-3-4-9(7-10)13(16)17-2/h3-5,7-8,11H,6H2,1-2H3,(H,14,15)/t8-,11-/m1/s1. The molecule has 2 atom stereocenters. The largest absolute Gasteiger partial charge is 0.465 e. The molecule has 0 spiro atoms. The molecule has 1 aliphatic carbocycles. The number of rotatable bonds is 3. The van der Waals surface area contributed by atoms with Crippen molar-refractivity contribution < 1.29 is 14.3 Å². The summed E-state index contributed by atoms with van der Waals surface area (Å²) in [6.45, 7) is 2.05. The first-order valence-corrected chi connectivity index (χ1v) is 5.61. The van der Waals surface area contributed by atoms with E-state index in [9.17, 15) is 9.59 Å². The Morgan fingerprint density at radius 1 is 1.41 bits per heavy atom. The first-order valence-electron chi connectivity index (χ1n) is 5.61. The molecule has 0 saturated heterocycles. The zero-order valence-electron chi connectivity index (χ0n) is 9.90. The van der Waals surface area contributed by atoms with Gasteiger partial charge in [-0.3, -0.25) is 4.79 Å². The van der Waals surface area contributed by atoms with Gasteiger partial charge in [0.1, 0.15) is 0 Å². The van der Waals surface area contributed by atoms with Crippen LogP contribution in [0.1, 0.15) is 23.7 Å². The normalized spacial score (nSPS) is 21.8. The monoisotopic (exact) mass is 233 g/mol. The molecule has 0 unspecified atom stereocenters. The smallest absolute Gasteiger partial charge is 0.337 e. The number of amides is 1. The third kappa shape index (κ3) is 2.64. The molecule has 1 aliphatic rings. The van der Waals surface area contributed by atoms with E-state index in [0.29, 0.717) is 17.2 Å². The Labute approximate surface area is 100.0 Å². The molecule has 0 radical (unpaired) electrons. The summed E-state index contributed by atoms with van der Waals surface area (Å²) in [5.41, 5.74) is 1.08. The van der Waals surface area contributed by atoms with E-state index in [1.54, 1.807) is 24.3 Å². The first kappa shape index (κ1) is 11.6. The summed E-state index contributed by atoms with van der Waals surface area (Å²) in [5, 5.41) is 2.81. The maximum atomic E-state index is 11.7. The highest BCUT2D eigenvalue weighted by molar-refractivity contribution is 5.96. The van der Waals surface area contributed by atoms with Crippen molar-refractivity contribution in [1.82, 2.24) is 0 Å². The molecule has 0 bridgehead atoms. The van der Waals surface area contributed by atoms with E-state index < -0.39 is 5.97 Å². The van der Waals surface area contributed by atoms with Crippen molar-refractivity contribution in [1.29, 1.82) is 0 Å². The number of anilines is 1. The van der Waals surface area contributed by atoms with Crippen LogP contribution in [0.2, 0.25) is 0 Å². The average Bonchev–Trinajstić information content (AvgIpc) is 3.06. The topological polar surface area (TPSA) is 55.4 Å². The molecule has 0 aliphatic heterocycles. The maximum absolute atomic E-state index is 11.7. The molecule has 0 heterocycles. The van der Waals surface area contributed by atoms with Gasteiger partial charge in [-0.2, -0.15) is 0 Å². The van der Waals surface area contributed by atoms with Crippen LogP contribution in [0.4, 0.5) is 5.69 Å². The van der Waals surface area contributed by atoms with Crippen LogP contribution in [0.25, 0.3) is 0 Å². The van der Waals surface area contributed by atoms with Gasteiger partial charge in [0.15, 0.2) is 0 Å². The second-order valence-corrected chi connectivity index (χ2v) is 4.38. The molecule has 4 nitrogen and oxygen atoms in total. The van der Waals surface area contributed by atoms with Gasteiger partial charge in [-0.05, 0) is 30.5 Å². The first-order chi connectivity index (χ1) is 8.11. The number of hydrogen-bond acceptors (Lipinski definition) is 3. The summed E-state index contributed by atoms with van der Waals surface area (Å²) in [4.78, 5) is 23.0. The number of esters is 1. The minimum atomic E-state index is -0.402. The second-order valence-electron chi connectivity index (χ2n) is 4.38. The fraction of sp³-hybridized carbons (Fsp3) is 0.385. The Hall–Kier alpha value is -1.84. The van der Waals surface area contributed by atoms with Crippen LogP contribution >= 0.6 is 0 Å². The van der Waals surface area contributed by atoms with Gasteiger partial charge in [-0.1, -0.05) is 13.0 Å². The van der Waals surface area contributed by atoms with Gasteiger partial charge in [0.05, 0.1) is 12.7 Å². The van der Waals surface area contributed by atoms with Crippen LogP contribution in [-0.2, 0) is 9.53 Å². The molecule has 1 saturated carbocycles. The minimum Gasteiger partial charge on any atom is -0.465 e. The summed E-state index contributed by atoms with van der Waals surface area (Å²) < 4.78 is 4.62. The molecule has 0 aromatic heterocycles. The second kappa shape index (κ2) is 4.57. The molecule has 1 fully saturated rings. The lowest BCUT2D eigenvalue weighted by Gasteiger charge is -2.06. The Kier molecular flexibility index (Phi) is 3.13. The van der Waals surface area contributed by atoms with E-state index in [1.807, 2.05) is 0 Å². The summed E-state index contributed by atoms with van der Waals surface area (Å²) in [7, 11) is 1.33. The third-order valence-corrected chi connectivity index (χ3v) is 3.00. The summed E-state index contributed by atoms with van der Waals surface area (Å²) in [5.74, 6) is 0.218. The quantitative estimate of drug-likeness (QED) is 0.813. The van der Waals surface area contributed by atoms with Gasteiger partial charge in [0, 0.05) is 11.6 Å². The van der Waals surface area contributed by atoms with E-state index in [0.717, 1.165) is 6.42 Å². The van der Waals surface area contributed by atoms with Gasteiger partial charge >= 0.3 is 5.97 Å². The Morgan fingerprint density at radius 2 is 2.12 bits per heavy atom. The van der Waals surface area contributed by atoms with Gasteiger partial charge in [0.25, 0.3) is 0 Å². The minimum absolute atomic E-state index is 0.0273. The van der Waals surface area contributed by atoms with Crippen LogP contribution in [0.15, 0.2) is 24.3 Å². The molecule has 17 heavy (non-hydrogen) atoms. The molecule has 1 amide bonds. The average molecular weight is 233 g/mol. The molecule has 2 rings (SSSR count). The highest BCUT2D eigenvalue weighted by Gasteiger charge is 2.39. The fourth-order valence-corrected chi connectivity index (χ4v) is 1.76. The predicted octanol–water partition coefficient (Wildman–Crippen LogP) is 2.07. The highest BCUT2D eigenvalue weighted by Crippen LogP contribution is 2.38. The maximum Gasteiger partial charge on any atom is 0.337 e. The highest BCUT2D eigenvalue weighted by atomic mass is 16.5. The van der Waals surface area contributed by atoms with Gasteiger partial charge in [0.2, 0.25) is 5.91 Å². The van der Waals surface area contributed by atoms with Crippen LogP contribution in [0.5, 0.6) is 0 Å². The van der Waals surface area contributed by atoms with Crippen molar-refractivity contribution in [3.05, 3.63) is 29.8 Å². The van der Waals surface area contributed by atoms with E-state index >= 15 is 0 Å². The Balaban J connectivity index is 2.06. The molecule has 1 aromatic carbocycles. The van der Waals surface area contributed by atoms with Crippen molar-refractivity contribution in [2.24, 2.45) is 11.8 Å². The molecule has 90 valence electrons. The van der Waals surface area contributed by atoms with Gasteiger partial charge < -0.3 is 10.1 Å². The van der Waals surface area contributed by atoms with Crippen molar-refractivity contribution >= 4 is 17.6 Å². The number of ether oxygens (including phenoxy) is 1. The lowest BCUT2D eigenvalue weighted by atomic mass is 10.2. The van der Waals surface area contributed by atoms with Crippen molar-refractivity contribution in [2.45, 2.75) is 13.3 Å². The molecule has 1 aromatic rings. The zero-order chi connectivity index (χ0) is 12.4. The van der Waals surface area contributed by atoms with E-state index in [2.05, 4.69) is 17.0 Å². The van der Waals surface area contributed by atoms with Crippen LogP contribution in [-0.4, -0.2) is 19.0 Å². The molecule has 1 N–H and O–H groups in total. The zero-order valence-corrected chi connectivity index (χ0v) is 9.90. The van der Waals surface area contributed by atoms with Gasteiger partial charge in [-0.15, -0.1) is 0 Å². The van der Waals surface area contributed by atoms with Gasteiger partial charge in [-0.25, -0.2) is 4.79 Å². The number of carbonyl (C=O) groups is 2. The molecular formula is C13H15NO3. The fourth-order valence-electron chi connectivity index (χ4n) is 1.76. The third-order valence-electron chi connectivity index (χ3n) is 3.00. The van der Waals surface area contributed by atoms with Crippen molar-refractivity contribution in [3.8, 4) is 0 Å². The summed E-state index contributed by atoms with van der Waals surface area (Å²) in [6.07, 6.45) is 0.947. The van der Waals surface area contributed by atoms with E-state index in [4.69, 9.17) is 0 Å². The number of nitrogens with one attached hydrogen (secondary N) is 1. The number of benzene rings is 1.